The number of hydrogen-bond donors (Lipinski definition) is 1. The maximum absolute atomic E-state index is 6.02. The Balaban J connectivity index is 2.24. The summed E-state index contributed by atoms with van der Waals surface area (Å²) in [4.78, 5) is 6.52. The molecule has 1 aliphatic rings. The zero-order chi connectivity index (χ0) is 13.3. The highest BCUT2D eigenvalue weighted by molar-refractivity contribution is 9.10. The topological polar surface area (TPSA) is 41.6 Å². The molecule has 1 aromatic rings. The Morgan fingerprint density at radius 2 is 2.28 bits per heavy atom. The van der Waals surface area contributed by atoms with Gasteiger partial charge in [-0.25, -0.2) is 0 Å². The highest BCUT2D eigenvalue weighted by atomic mass is 79.9. The van der Waals surface area contributed by atoms with Crippen LogP contribution in [-0.4, -0.2) is 23.9 Å². The predicted molar refractivity (Wildman–Crippen MR) is 79.9 cm³/mol. The molecule has 2 N–H and O–H groups in total. The third-order valence-electron chi connectivity index (χ3n) is 2.99. The highest BCUT2D eigenvalue weighted by Crippen LogP contribution is 2.31. The van der Waals surface area contributed by atoms with Crippen LogP contribution in [0.2, 0.25) is 5.02 Å². The minimum Gasteiger partial charge on any atom is -0.370 e. The quantitative estimate of drug-likeness (QED) is 0.922. The van der Waals surface area contributed by atoms with Gasteiger partial charge in [-0.3, -0.25) is 4.99 Å². The van der Waals surface area contributed by atoms with Crippen molar-refractivity contribution in [3.8, 4) is 0 Å². The number of nitrogens with zero attached hydrogens (tertiary/aromatic N) is 2. The van der Waals surface area contributed by atoms with Gasteiger partial charge in [-0.2, -0.15) is 0 Å². The smallest absolute Gasteiger partial charge is 0.191 e. The van der Waals surface area contributed by atoms with E-state index in [1.807, 2.05) is 12.1 Å². The van der Waals surface area contributed by atoms with Gasteiger partial charge >= 0.3 is 0 Å². The van der Waals surface area contributed by atoms with Crippen LogP contribution in [0, 0.1) is 5.92 Å². The summed E-state index contributed by atoms with van der Waals surface area (Å²) in [5, 5.41) is 0.723. The Labute approximate surface area is 121 Å². The molecule has 0 saturated heterocycles. The van der Waals surface area contributed by atoms with Gasteiger partial charge in [0.05, 0.1) is 17.6 Å². The van der Waals surface area contributed by atoms with Gasteiger partial charge in [-0.15, -0.1) is 0 Å². The molecular weight excluding hydrogens is 314 g/mol. The summed E-state index contributed by atoms with van der Waals surface area (Å²) in [5.41, 5.74) is 7.15. The van der Waals surface area contributed by atoms with Crippen LogP contribution in [0.25, 0.3) is 0 Å². The summed E-state index contributed by atoms with van der Waals surface area (Å²) < 4.78 is 0.914. The average molecular weight is 331 g/mol. The number of halogens is 2. The molecule has 3 nitrogen and oxygen atoms in total. The van der Waals surface area contributed by atoms with Crippen LogP contribution < -0.4 is 5.73 Å². The number of guanidine groups is 1. The molecule has 1 aromatic carbocycles. The molecule has 0 fully saturated rings. The number of rotatable bonds is 3. The molecule has 0 aromatic heterocycles. The second-order valence-corrected chi connectivity index (χ2v) is 6.20. The molecule has 0 bridgehead atoms. The monoisotopic (exact) mass is 329 g/mol. The standard InChI is InChI=1S/C13H17BrClN3/c1-8(2)7-18-12(6-17-13(18)16)9-3-4-11(15)10(14)5-9/h3-5,8,12H,6-7H2,1-2H3,(H2,16,17). The normalized spacial score (nSPS) is 19.5. The van der Waals surface area contributed by atoms with Crippen molar-refractivity contribution >= 4 is 33.5 Å². The largest absolute Gasteiger partial charge is 0.370 e. The fourth-order valence-electron chi connectivity index (χ4n) is 2.15. The van der Waals surface area contributed by atoms with E-state index < -0.39 is 0 Å². The van der Waals surface area contributed by atoms with Gasteiger partial charge in [-0.1, -0.05) is 31.5 Å². The van der Waals surface area contributed by atoms with Gasteiger partial charge in [0.1, 0.15) is 0 Å². The lowest BCUT2D eigenvalue weighted by Gasteiger charge is -2.28. The van der Waals surface area contributed by atoms with Crippen molar-refractivity contribution in [1.29, 1.82) is 0 Å². The summed E-state index contributed by atoms with van der Waals surface area (Å²) in [7, 11) is 0. The van der Waals surface area contributed by atoms with E-state index in [0.29, 0.717) is 18.4 Å². The van der Waals surface area contributed by atoms with E-state index in [1.54, 1.807) is 0 Å². The molecule has 1 heterocycles. The first-order chi connectivity index (χ1) is 8.49. The van der Waals surface area contributed by atoms with Crippen LogP contribution in [0.4, 0.5) is 0 Å². The van der Waals surface area contributed by atoms with Crippen molar-refractivity contribution in [3.63, 3.8) is 0 Å². The molecule has 0 amide bonds. The summed E-state index contributed by atoms with van der Waals surface area (Å²) in [5.74, 6) is 1.19. The van der Waals surface area contributed by atoms with Crippen LogP contribution in [-0.2, 0) is 0 Å². The van der Waals surface area contributed by atoms with E-state index in [-0.39, 0.29) is 6.04 Å². The van der Waals surface area contributed by atoms with Crippen LogP contribution in [0.5, 0.6) is 0 Å². The molecule has 1 atom stereocenters. The Bertz CT molecular complexity index is 473. The van der Waals surface area contributed by atoms with Gasteiger partial charge in [0.2, 0.25) is 0 Å². The van der Waals surface area contributed by atoms with Gasteiger partial charge in [-0.05, 0) is 39.5 Å². The van der Waals surface area contributed by atoms with Gasteiger partial charge < -0.3 is 10.6 Å². The van der Waals surface area contributed by atoms with Crippen LogP contribution in [0.3, 0.4) is 0 Å². The summed E-state index contributed by atoms with van der Waals surface area (Å²) in [6, 6.07) is 6.22. The van der Waals surface area contributed by atoms with E-state index in [0.717, 1.165) is 16.0 Å². The predicted octanol–water partition coefficient (Wildman–Crippen LogP) is 3.43. The Morgan fingerprint density at radius 1 is 1.56 bits per heavy atom. The molecule has 0 radical (unpaired) electrons. The molecular formula is C13H17BrClN3. The Kier molecular flexibility index (Phi) is 4.17. The number of benzene rings is 1. The molecule has 0 saturated carbocycles. The van der Waals surface area contributed by atoms with Crippen LogP contribution in [0.1, 0.15) is 25.5 Å². The maximum atomic E-state index is 6.02. The molecule has 0 spiro atoms. The molecule has 1 unspecified atom stereocenters. The first-order valence-electron chi connectivity index (χ1n) is 6.00. The highest BCUT2D eigenvalue weighted by Gasteiger charge is 2.28. The van der Waals surface area contributed by atoms with Crippen molar-refractivity contribution < 1.29 is 0 Å². The molecule has 2 rings (SSSR count). The lowest BCUT2D eigenvalue weighted by Crippen LogP contribution is -2.38. The van der Waals surface area contributed by atoms with Crippen molar-refractivity contribution in [2.45, 2.75) is 19.9 Å². The van der Waals surface area contributed by atoms with Gasteiger partial charge in [0.25, 0.3) is 0 Å². The zero-order valence-corrected chi connectivity index (χ0v) is 12.9. The zero-order valence-electron chi connectivity index (χ0n) is 10.5. The number of nitrogens with two attached hydrogens (primary N) is 1. The fraction of sp³-hybridized carbons (Fsp3) is 0.462. The number of hydrogen-bond acceptors (Lipinski definition) is 3. The van der Waals surface area contributed by atoms with E-state index >= 15 is 0 Å². The summed E-state index contributed by atoms with van der Waals surface area (Å²) in [6.45, 7) is 5.99. The molecule has 1 aliphatic heterocycles. The minimum absolute atomic E-state index is 0.223. The SMILES string of the molecule is CC(C)CN1C(N)=NCC1c1ccc(Cl)c(Br)c1. The Morgan fingerprint density at radius 3 is 2.89 bits per heavy atom. The van der Waals surface area contributed by atoms with Crippen molar-refractivity contribution in [3.05, 3.63) is 33.3 Å². The molecule has 18 heavy (non-hydrogen) atoms. The maximum Gasteiger partial charge on any atom is 0.191 e. The minimum atomic E-state index is 0.223. The van der Waals surface area contributed by atoms with E-state index in [4.69, 9.17) is 17.3 Å². The van der Waals surface area contributed by atoms with Crippen LogP contribution >= 0.6 is 27.5 Å². The summed E-state index contributed by atoms with van der Waals surface area (Å²) in [6.07, 6.45) is 0. The fourth-order valence-corrected chi connectivity index (χ4v) is 2.66. The van der Waals surface area contributed by atoms with Crippen molar-refractivity contribution in [1.82, 2.24) is 4.90 Å². The third kappa shape index (κ3) is 2.81. The van der Waals surface area contributed by atoms with Gasteiger partial charge in [0, 0.05) is 11.0 Å². The van der Waals surface area contributed by atoms with E-state index in [2.05, 4.69) is 45.7 Å². The van der Waals surface area contributed by atoms with E-state index in [9.17, 15) is 0 Å². The number of aliphatic imine (C=N–C) groups is 1. The third-order valence-corrected chi connectivity index (χ3v) is 4.20. The lowest BCUT2D eigenvalue weighted by atomic mass is 10.1. The van der Waals surface area contributed by atoms with Crippen molar-refractivity contribution in [2.75, 3.05) is 13.1 Å². The molecule has 98 valence electrons. The average Bonchev–Trinajstić information content (AvgIpc) is 2.64. The Hall–Kier alpha value is -0.740. The first kappa shape index (κ1) is 13.7. The van der Waals surface area contributed by atoms with Crippen LogP contribution in [0.15, 0.2) is 27.7 Å². The second kappa shape index (κ2) is 5.49. The molecule has 5 heteroatoms. The first-order valence-corrected chi connectivity index (χ1v) is 7.17. The molecule has 0 aliphatic carbocycles. The van der Waals surface area contributed by atoms with Gasteiger partial charge in [0.15, 0.2) is 5.96 Å². The second-order valence-electron chi connectivity index (χ2n) is 4.93. The van der Waals surface area contributed by atoms with Crippen molar-refractivity contribution in [2.24, 2.45) is 16.6 Å². The summed E-state index contributed by atoms with van der Waals surface area (Å²) >= 11 is 9.48. The lowest BCUT2D eigenvalue weighted by molar-refractivity contribution is 0.309. The van der Waals surface area contributed by atoms with E-state index in [1.165, 1.54) is 5.56 Å².